The van der Waals surface area contributed by atoms with Crippen LogP contribution in [-0.2, 0) is 11.2 Å². The van der Waals surface area contributed by atoms with Crippen LogP contribution in [-0.4, -0.2) is 18.3 Å². The van der Waals surface area contributed by atoms with Gasteiger partial charge >= 0.3 is 0 Å². The Bertz CT molecular complexity index is 759. The number of rotatable bonds is 6. The summed E-state index contributed by atoms with van der Waals surface area (Å²) in [5, 5.41) is 9.87. The number of nitrogens with zero attached hydrogens (tertiary/aromatic N) is 2. The van der Waals surface area contributed by atoms with E-state index in [-0.39, 0.29) is 12.2 Å². The lowest BCUT2D eigenvalue weighted by Crippen LogP contribution is -2.51. The van der Waals surface area contributed by atoms with Crippen LogP contribution in [0, 0.1) is 11.3 Å². The van der Waals surface area contributed by atoms with E-state index in [0.29, 0.717) is 16.6 Å². The summed E-state index contributed by atoms with van der Waals surface area (Å²) in [5.41, 5.74) is 4.07. The molecule has 2 aromatic rings. The smallest absolute Gasteiger partial charge is 0.236 e. The molecule has 1 aromatic heterocycles. The third kappa shape index (κ3) is 2.93. The van der Waals surface area contributed by atoms with Gasteiger partial charge in [0.05, 0.1) is 0 Å². The van der Waals surface area contributed by atoms with Gasteiger partial charge in [-0.05, 0) is 52.0 Å². The Morgan fingerprint density at radius 1 is 1.08 bits per heavy atom. The van der Waals surface area contributed by atoms with Crippen molar-refractivity contribution in [1.82, 2.24) is 4.23 Å². The fourth-order valence-electron chi connectivity index (χ4n) is 4.70. The minimum absolute atomic E-state index is 0.193. The number of nitriles is 1. The second-order valence-electron chi connectivity index (χ2n) is 7.64. The first kappa shape index (κ1) is 18.5. The van der Waals surface area contributed by atoms with Crippen molar-refractivity contribution in [1.29, 1.82) is 5.26 Å². The summed E-state index contributed by atoms with van der Waals surface area (Å²) < 4.78 is 2.57. The van der Waals surface area contributed by atoms with Crippen LogP contribution in [0.5, 0.6) is 0 Å². The van der Waals surface area contributed by atoms with Crippen molar-refractivity contribution in [2.75, 3.05) is 0 Å². The highest BCUT2D eigenvalue weighted by Gasteiger charge is 2.45. The van der Waals surface area contributed by atoms with Gasteiger partial charge in [-0.1, -0.05) is 47.6 Å². The predicted molar refractivity (Wildman–Crippen MR) is 103 cm³/mol. The highest BCUT2D eigenvalue weighted by Crippen LogP contribution is 2.44. The Morgan fingerprint density at radius 2 is 1.67 bits per heavy atom. The van der Waals surface area contributed by atoms with E-state index in [1.54, 1.807) is 6.07 Å². The molecule has 0 saturated heterocycles. The number of ketones is 1. The topological polar surface area (TPSA) is 45.8 Å². The fourth-order valence-corrected chi connectivity index (χ4v) is 11.3. The molecule has 1 aromatic carbocycles. The van der Waals surface area contributed by atoms with E-state index in [1.165, 1.54) is 5.52 Å². The van der Waals surface area contributed by atoms with Crippen molar-refractivity contribution in [2.24, 2.45) is 0 Å². The number of hydrogen-bond acceptors (Lipinski definition) is 2. The van der Waals surface area contributed by atoms with E-state index < -0.39 is 8.24 Å². The number of hydrogen-bond donors (Lipinski definition) is 0. The molecule has 1 heterocycles. The third-order valence-electron chi connectivity index (χ3n) is 5.44. The average Bonchev–Trinajstić information content (AvgIpc) is 2.90. The Hall–Kier alpha value is -1.86. The SMILES string of the molecule is CC(C)[Si](C(C)C)(C(C)C)n1ccc2cc(CC(=O)C#N)ccc21. The van der Waals surface area contributed by atoms with Crippen LogP contribution < -0.4 is 0 Å². The largest absolute Gasteiger partial charge is 0.373 e. The molecule has 4 heteroatoms. The first-order valence-corrected chi connectivity index (χ1v) is 11.0. The number of carbonyl (C=O) groups excluding carboxylic acids is 1. The highest BCUT2D eigenvalue weighted by atomic mass is 28.3. The average molecular weight is 341 g/mol. The molecule has 0 atom stereocenters. The Kier molecular flexibility index (Phi) is 5.34. The van der Waals surface area contributed by atoms with Gasteiger partial charge in [0.25, 0.3) is 0 Å². The van der Waals surface area contributed by atoms with Crippen molar-refractivity contribution in [3.63, 3.8) is 0 Å². The van der Waals surface area contributed by atoms with Crippen LogP contribution in [0.4, 0.5) is 0 Å². The van der Waals surface area contributed by atoms with Gasteiger partial charge < -0.3 is 4.23 Å². The molecule has 0 N–H and O–H groups in total. The molecule has 0 amide bonds. The number of fused-ring (bicyclic) bond motifs is 1. The predicted octanol–water partition coefficient (Wildman–Crippen LogP) is 5.30. The summed E-state index contributed by atoms with van der Waals surface area (Å²) in [5.74, 6) is -0.385. The molecule has 0 unspecified atom stereocenters. The summed E-state index contributed by atoms with van der Waals surface area (Å²) in [6.45, 7) is 14.2. The number of Topliss-reactive ketones (excluding diaryl/α,β-unsaturated/α-hetero) is 1. The van der Waals surface area contributed by atoms with E-state index in [4.69, 9.17) is 5.26 Å². The van der Waals surface area contributed by atoms with Crippen LogP contribution >= 0.6 is 0 Å². The maximum Gasteiger partial charge on any atom is 0.236 e. The summed E-state index contributed by atoms with van der Waals surface area (Å²) >= 11 is 0. The van der Waals surface area contributed by atoms with Crippen LogP contribution in [0.3, 0.4) is 0 Å². The van der Waals surface area contributed by atoms with Crippen molar-refractivity contribution in [3.05, 3.63) is 36.0 Å². The molecule has 0 bridgehead atoms. The van der Waals surface area contributed by atoms with Crippen LogP contribution in [0.2, 0.25) is 16.6 Å². The number of benzene rings is 1. The lowest BCUT2D eigenvalue weighted by atomic mass is 10.1. The lowest BCUT2D eigenvalue weighted by Gasteiger charge is -2.44. The summed E-state index contributed by atoms with van der Waals surface area (Å²) in [7, 11) is -1.77. The van der Waals surface area contributed by atoms with E-state index in [9.17, 15) is 4.79 Å². The molecule has 0 fully saturated rings. The summed E-state index contributed by atoms with van der Waals surface area (Å²) in [6, 6.07) is 10.0. The van der Waals surface area contributed by atoms with Gasteiger partial charge in [-0.2, -0.15) is 5.26 Å². The molecule has 0 aliphatic heterocycles. The van der Waals surface area contributed by atoms with E-state index in [2.05, 4.69) is 70.2 Å². The van der Waals surface area contributed by atoms with Crippen molar-refractivity contribution in [3.8, 4) is 6.07 Å². The van der Waals surface area contributed by atoms with Crippen molar-refractivity contribution >= 4 is 24.9 Å². The molecule has 0 radical (unpaired) electrons. The maximum atomic E-state index is 11.4. The monoisotopic (exact) mass is 340 g/mol. The van der Waals surface area contributed by atoms with E-state index in [1.807, 2.05) is 6.07 Å². The van der Waals surface area contributed by atoms with Crippen LogP contribution in [0.1, 0.15) is 47.1 Å². The molecule has 0 saturated carbocycles. The summed E-state index contributed by atoms with van der Waals surface area (Å²) in [4.78, 5) is 11.4. The molecule has 24 heavy (non-hydrogen) atoms. The molecule has 0 aliphatic carbocycles. The molecule has 0 aliphatic rings. The molecule has 2 rings (SSSR count). The van der Waals surface area contributed by atoms with Gasteiger partial charge in [0.2, 0.25) is 5.78 Å². The molecule has 0 spiro atoms. The minimum Gasteiger partial charge on any atom is -0.373 e. The minimum atomic E-state index is -1.77. The van der Waals surface area contributed by atoms with Crippen molar-refractivity contribution in [2.45, 2.75) is 64.6 Å². The lowest BCUT2D eigenvalue weighted by molar-refractivity contribution is -0.113. The molecule has 3 nitrogen and oxygen atoms in total. The van der Waals surface area contributed by atoms with Gasteiger partial charge in [0.1, 0.15) is 6.07 Å². The number of aromatic nitrogens is 1. The Morgan fingerprint density at radius 3 is 2.17 bits per heavy atom. The molecular weight excluding hydrogens is 312 g/mol. The maximum absolute atomic E-state index is 11.4. The van der Waals surface area contributed by atoms with Crippen LogP contribution in [0.15, 0.2) is 30.5 Å². The highest BCUT2D eigenvalue weighted by molar-refractivity contribution is 6.82. The van der Waals surface area contributed by atoms with E-state index in [0.717, 1.165) is 10.9 Å². The van der Waals surface area contributed by atoms with Crippen LogP contribution in [0.25, 0.3) is 10.9 Å². The van der Waals surface area contributed by atoms with Gasteiger partial charge in [-0.25, -0.2) is 0 Å². The zero-order valence-electron chi connectivity index (χ0n) is 15.6. The third-order valence-corrected chi connectivity index (χ3v) is 12.2. The first-order valence-electron chi connectivity index (χ1n) is 8.78. The quantitative estimate of drug-likeness (QED) is 0.529. The van der Waals surface area contributed by atoms with Gasteiger partial charge in [0, 0.05) is 11.9 Å². The summed E-state index contributed by atoms with van der Waals surface area (Å²) in [6.07, 6.45) is 2.44. The fraction of sp³-hybridized carbons (Fsp3) is 0.500. The second-order valence-corrected chi connectivity index (χ2v) is 13.4. The molecular formula is C20H28N2OSi. The first-order chi connectivity index (χ1) is 11.2. The second kappa shape index (κ2) is 6.94. The standard InChI is InChI=1S/C20H28N2OSi/c1-14(2)24(15(3)4,16(5)6)22-10-9-18-11-17(7-8-20(18)22)12-19(23)13-21/h7-11,14-16H,12H2,1-6H3. The van der Waals surface area contributed by atoms with Gasteiger partial charge in [-0.3, -0.25) is 4.79 Å². The van der Waals surface area contributed by atoms with Crippen molar-refractivity contribution < 1.29 is 4.79 Å². The normalized spacial score (nSPS) is 12.3. The van der Waals surface area contributed by atoms with Gasteiger partial charge in [0.15, 0.2) is 8.24 Å². The van der Waals surface area contributed by atoms with Gasteiger partial charge in [-0.15, -0.1) is 0 Å². The Labute approximate surface area is 146 Å². The zero-order valence-corrected chi connectivity index (χ0v) is 16.6. The number of carbonyl (C=O) groups is 1. The van der Waals surface area contributed by atoms with E-state index >= 15 is 0 Å². The Balaban J connectivity index is 2.60. The zero-order chi connectivity index (χ0) is 18.1. The molecule has 128 valence electrons.